The van der Waals surface area contributed by atoms with Crippen LogP contribution in [0.5, 0.6) is 0 Å². The van der Waals surface area contributed by atoms with Crippen LogP contribution in [0, 0.1) is 0 Å². The second kappa shape index (κ2) is 7.93. The van der Waals surface area contributed by atoms with Crippen molar-refractivity contribution in [2.75, 3.05) is 23.4 Å². The Labute approximate surface area is 139 Å². The van der Waals surface area contributed by atoms with Gasteiger partial charge >= 0.3 is 0 Å². The number of anilines is 1. The van der Waals surface area contributed by atoms with E-state index in [1.165, 1.54) is 0 Å². The average molecular weight is 338 g/mol. The molecule has 1 heterocycles. The molecule has 2 rings (SSSR count). The summed E-state index contributed by atoms with van der Waals surface area (Å²) in [5.41, 5.74) is 0.784. The molecular formula is C17H26N2O3S. The van der Waals surface area contributed by atoms with Crippen LogP contribution in [-0.4, -0.2) is 49.4 Å². The van der Waals surface area contributed by atoms with Gasteiger partial charge in [-0.15, -0.1) is 0 Å². The second-order valence-electron chi connectivity index (χ2n) is 6.15. The second-order valence-corrected chi connectivity index (χ2v) is 8.46. The maximum atomic E-state index is 12.5. The molecule has 0 aliphatic carbocycles. The minimum Gasteiger partial charge on any atom is -0.325 e. The lowest BCUT2D eigenvalue weighted by Crippen LogP contribution is -2.50. The van der Waals surface area contributed by atoms with Crippen molar-refractivity contribution < 1.29 is 13.2 Å². The van der Waals surface area contributed by atoms with Crippen LogP contribution in [0.2, 0.25) is 0 Å². The molecule has 0 radical (unpaired) electrons. The van der Waals surface area contributed by atoms with Gasteiger partial charge in [-0.25, -0.2) is 8.42 Å². The van der Waals surface area contributed by atoms with Crippen molar-refractivity contribution in [3.8, 4) is 0 Å². The van der Waals surface area contributed by atoms with E-state index < -0.39 is 9.84 Å². The summed E-state index contributed by atoms with van der Waals surface area (Å²) in [6, 6.07) is 9.29. The number of nitrogens with one attached hydrogen (secondary N) is 1. The molecule has 0 saturated carbocycles. The van der Waals surface area contributed by atoms with Gasteiger partial charge in [0, 0.05) is 11.7 Å². The lowest BCUT2D eigenvalue weighted by atomic mass is 10.1. The van der Waals surface area contributed by atoms with Gasteiger partial charge < -0.3 is 5.32 Å². The Hall–Kier alpha value is -1.40. The number of hydrogen-bond acceptors (Lipinski definition) is 4. The van der Waals surface area contributed by atoms with E-state index in [4.69, 9.17) is 0 Å². The standard InChI is InChI=1S/C17H26N2O3S/c1-3-11-19(16-9-12-23(21,22)13-10-16)14(2)17(20)18-15-7-5-4-6-8-15/h4-8,14,16H,3,9-13H2,1-2H3,(H,18,20). The van der Waals surface area contributed by atoms with Crippen LogP contribution in [0.1, 0.15) is 33.1 Å². The fourth-order valence-corrected chi connectivity index (χ4v) is 4.55. The molecule has 0 spiro atoms. The predicted octanol–water partition coefficient (Wildman–Crippen LogP) is 2.30. The van der Waals surface area contributed by atoms with E-state index in [0.29, 0.717) is 12.8 Å². The molecule has 0 aromatic heterocycles. The van der Waals surface area contributed by atoms with E-state index in [-0.39, 0.29) is 29.5 Å². The third kappa shape index (κ3) is 5.04. The smallest absolute Gasteiger partial charge is 0.241 e. The summed E-state index contributed by atoms with van der Waals surface area (Å²) in [6.07, 6.45) is 2.17. The molecule has 1 amide bonds. The predicted molar refractivity (Wildman–Crippen MR) is 93.2 cm³/mol. The summed E-state index contributed by atoms with van der Waals surface area (Å²) in [6.45, 7) is 4.78. The summed E-state index contributed by atoms with van der Waals surface area (Å²) < 4.78 is 23.2. The molecule has 1 aromatic carbocycles. The Balaban J connectivity index is 2.03. The van der Waals surface area contributed by atoms with Crippen LogP contribution in [0.4, 0.5) is 5.69 Å². The first kappa shape index (κ1) is 17.9. The van der Waals surface area contributed by atoms with Crippen LogP contribution < -0.4 is 5.32 Å². The first-order valence-corrected chi connectivity index (χ1v) is 10.1. The van der Waals surface area contributed by atoms with Crippen LogP contribution in [0.25, 0.3) is 0 Å². The zero-order valence-corrected chi connectivity index (χ0v) is 14.7. The van der Waals surface area contributed by atoms with Gasteiger partial charge in [-0.05, 0) is 44.9 Å². The monoisotopic (exact) mass is 338 g/mol. The fraction of sp³-hybridized carbons (Fsp3) is 0.588. The molecule has 1 N–H and O–H groups in total. The van der Waals surface area contributed by atoms with Gasteiger partial charge in [-0.3, -0.25) is 9.69 Å². The summed E-state index contributed by atoms with van der Waals surface area (Å²) in [7, 11) is -2.89. The van der Waals surface area contributed by atoms with Crippen molar-refractivity contribution >= 4 is 21.4 Å². The van der Waals surface area contributed by atoms with Crippen molar-refractivity contribution in [3.63, 3.8) is 0 Å². The Morgan fingerprint density at radius 1 is 1.26 bits per heavy atom. The molecule has 5 nitrogen and oxygen atoms in total. The number of rotatable bonds is 6. The van der Waals surface area contributed by atoms with E-state index in [2.05, 4.69) is 17.1 Å². The molecule has 128 valence electrons. The van der Waals surface area contributed by atoms with E-state index >= 15 is 0 Å². The van der Waals surface area contributed by atoms with Gasteiger partial charge in [-0.2, -0.15) is 0 Å². The number of hydrogen-bond donors (Lipinski definition) is 1. The molecule has 1 unspecified atom stereocenters. The van der Waals surface area contributed by atoms with Crippen molar-refractivity contribution in [1.29, 1.82) is 0 Å². The number of amides is 1. The highest BCUT2D eigenvalue weighted by Gasteiger charge is 2.32. The molecule has 1 aliphatic rings. The molecule has 1 aliphatic heterocycles. The molecule has 1 fully saturated rings. The first-order chi connectivity index (χ1) is 10.9. The highest BCUT2D eigenvalue weighted by Crippen LogP contribution is 2.21. The molecule has 23 heavy (non-hydrogen) atoms. The van der Waals surface area contributed by atoms with E-state index in [9.17, 15) is 13.2 Å². The summed E-state index contributed by atoms with van der Waals surface area (Å²) in [4.78, 5) is 14.7. The normalized spacial score (nSPS) is 19.4. The van der Waals surface area contributed by atoms with Crippen LogP contribution >= 0.6 is 0 Å². The number of nitrogens with zero attached hydrogens (tertiary/aromatic N) is 1. The Kier molecular flexibility index (Phi) is 6.18. The third-order valence-electron chi connectivity index (χ3n) is 4.39. The van der Waals surface area contributed by atoms with E-state index in [0.717, 1.165) is 18.7 Å². The van der Waals surface area contributed by atoms with Gasteiger partial charge in [0.25, 0.3) is 0 Å². The number of para-hydroxylation sites is 1. The van der Waals surface area contributed by atoms with Gasteiger partial charge in [-0.1, -0.05) is 25.1 Å². The summed E-state index contributed by atoms with van der Waals surface area (Å²) in [5.74, 6) is 0.411. The zero-order chi connectivity index (χ0) is 16.9. The molecule has 1 aromatic rings. The minimum absolute atomic E-state index is 0.0434. The maximum absolute atomic E-state index is 12.5. The van der Waals surface area contributed by atoms with E-state index in [1.807, 2.05) is 37.3 Å². The lowest BCUT2D eigenvalue weighted by Gasteiger charge is -2.37. The lowest BCUT2D eigenvalue weighted by molar-refractivity contribution is -0.121. The van der Waals surface area contributed by atoms with Crippen molar-refractivity contribution in [2.45, 2.75) is 45.2 Å². The highest BCUT2D eigenvalue weighted by atomic mass is 32.2. The van der Waals surface area contributed by atoms with Crippen LogP contribution in [0.15, 0.2) is 30.3 Å². The number of benzene rings is 1. The molecular weight excluding hydrogens is 312 g/mol. The quantitative estimate of drug-likeness (QED) is 0.864. The highest BCUT2D eigenvalue weighted by molar-refractivity contribution is 7.91. The molecule has 6 heteroatoms. The summed E-state index contributed by atoms with van der Waals surface area (Å²) >= 11 is 0. The maximum Gasteiger partial charge on any atom is 0.241 e. The fourth-order valence-electron chi connectivity index (χ4n) is 3.08. The largest absolute Gasteiger partial charge is 0.325 e. The topological polar surface area (TPSA) is 66.5 Å². The molecule has 1 saturated heterocycles. The molecule has 1 atom stereocenters. The van der Waals surface area contributed by atoms with Gasteiger partial charge in [0.05, 0.1) is 17.5 Å². The van der Waals surface area contributed by atoms with Crippen molar-refractivity contribution in [1.82, 2.24) is 4.90 Å². The van der Waals surface area contributed by atoms with Crippen molar-refractivity contribution in [3.05, 3.63) is 30.3 Å². The number of carbonyl (C=O) groups excluding carboxylic acids is 1. The van der Waals surface area contributed by atoms with Gasteiger partial charge in [0.1, 0.15) is 9.84 Å². The minimum atomic E-state index is -2.89. The van der Waals surface area contributed by atoms with Crippen molar-refractivity contribution in [2.24, 2.45) is 0 Å². The zero-order valence-electron chi connectivity index (χ0n) is 13.9. The third-order valence-corrected chi connectivity index (χ3v) is 6.11. The number of sulfone groups is 1. The Morgan fingerprint density at radius 3 is 2.43 bits per heavy atom. The van der Waals surface area contributed by atoms with Crippen LogP contribution in [-0.2, 0) is 14.6 Å². The Morgan fingerprint density at radius 2 is 1.87 bits per heavy atom. The van der Waals surface area contributed by atoms with E-state index in [1.54, 1.807) is 0 Å². The van der Waals surface area contributed by atoms with Gasteiger partial charge in [0.15, 0.2) is 0 Å². The SMILES string of the molecule is CCCN(C1CCS(=O)(=O)CC1)C(C)C(=O)Nc1ccccc1. The Bertz CT molecular complexity index is 602. The van der Waals surface area contributed by atoms with Crippen LogP contribution in [0.3, 0.4) is 0 Å². The van der Waals surface area contributed by atoms with Gasteiger partial charge in [0.2, 0.25) is 5.91 Å². The molecule has 0 bridgehead atoms. The average Bonchev–Trinajstić information content (AvgIpc) is 2.53. The first-order valence-electron chi connectivity index (χ1n) is 8.25. The summed E-state index contributed by atoms with van der Waals surface area (Å²) in [5, 5.41) is 2.94. The number of carbonyl (C=O) groups is 1.